The van der Waals surface area contributed by atoms with E-state index >= 15 is 0 Å². The molecule has 0 saturated heterocycles. The zero-order valence-electron chi connectivity index (χ0n) is 13.4. The summed E-state index contributed by atoms with van der Waals surface area (Å²) < 4.78 is 19.6. The first-order valence-electron chi connectivity index (χ1n) is 8.29. The summed E-state index contributed by atoms with van der Waals surface area (Å²) in [6, 6.07) is 4.94. The van der Waals surface area contributed by atoms with Crippen LogP contribution in [-0.4, -0.2) is 43.3 Å². The normalized spacial score (nSPS) is 21.8. The number of rotatable bonds is 8. The van der Waals surface area contributed by atoms with E-state index in [0.29, 0.717) is 13.2 Å². The van der Waals surface area contributed by atoms with E-state index in [2.05, 4.69) is 15.6 Å². The number of carbonyl (C=O) groups is 1. The van der Waals surface area contributed by atoms with Crippen molar-refractivity contribution in [2.45, 2.75) is 25.2 Å². The van der Waals surface area contributed by atoms with E-state index in [0.717, 1.165) is 37.5 Å². The predicted octanol–water partition coefficient (Wildman–Crippen LogP) is 1.72. The van der Waals surface area contributed by atoms with Gasteiger partial charge in [-0.25, -0.2) is 4.39 Å². The second-order valence-corrected chi connectivity index (χ2v) is 6.18. The molecule has 0 amide bonds. The molecule has 6 nitrogen and oxygen atoms in total. The highest BCUT2D eigenvalue weighted by atomic mass is 19.1. The van der Waals surface area contributed by atoms with Gasteiger partial charge in [-0.1, -0.05) is 6.07 Å². The van der Waals surface area contributed by atoms with Gasteiger partial charge < -0.3 is 20.5 Å². The van der Waals surface area contributed by atoms with E-state index in [4.69, 9.17) is 9.84 Å². The van der Waals surface area contributed by atoms with Crippen LogP contribution in [0.1, 0.15) is 30.7 Å². The first-order valence-corrected chi connectivity index (χ1v) is 8.29. The van der Waals surface area contributed by atoms with Crippen molar-refractivity contribution in [2.75, 3.05) is 26.2 Å². The lowest BCUT2D eigenvalue weighted by atomic mass is 10.1. The fourth-order valence-corrected chi connectivity index (χ4v) is 2.95. The largest absolute Gasteiger partial charge is 0.490 e. The van der Waals surface area contributed by atoms with Crippen molar-refractivity contribution in [1.29, 1.82) is 0 Å². The molecule has 1 aliphatic carbocycles. The molecular formula is C17H22FN3O3. The number of nitrogens with zero attached hydrogens (tertiary/aromatic N) is 1. The Hall–Kier alpha value is -2.31. The molecule has 1 saturated carbocycles. The van der Waals surface area contributed by atoms with Crippen LogP contribution in [0, 0.1) is 11.7 Å². The molecule has 1 aromatic rings. The smallest absolute Gasteiger partial charge is 0.303 e. The van der Waals surface area contributed by atoms with Gasteiger partial charge in [0.1, 0.15) is 0 Å². The summed E-state index contributed by atoms with van der Waals surface area (Å²) in [4.78, 5) is 14.9. The minimum absolute atomic E-state index is 0.131. The Morgan fingerprint density at radius 2 is 2.38 bits per heavy atom. The predicted molar refractivity (Wildman–Crippen MR) is 87.9 cm³/mol. The zero-order chi connectivity index (χ0) is 16.9. The number of halogens is 1. The second-order valence-electron chi connectivity index (χ2n) is 6.18. The highest BCUT2D eigenvalue weighted by Gasteiger charge is 2.39. The molecule has 0 spiro atoms. The summed E-state index contributed by atoms with van der Waals surface area (Å²) in [6.07, 6.45) is 1.71. The Morgan fingerprint density at radius 3 is 3.08 bits per heavy atom. The quantitative estimate of drug-likeness (QED) is 0.630. The average Bonchev–Trinajstić information content (AvgIpc) is 3.09. The molecule has 3 N–H and O–H groups in total. The highest BCUT2D eigenvalue weighted by Crippen LogP contribution is 2.49. The van der Waals surface area contributed by atoms with Gasteiger partial charge in [0.05, 0.1) is 13.2 Å². The Morgan fingerprint density at radius 1 is 1.50 bits per heavy atom. The maximum absolute atomic E-state index is 14.1. The highest BCUT2D eigenvalue weighted by molar-refractivity contribution is 5.81. The van der Waals surface area contributed by atoms with Crippen molar-refractivity contribution in [1.82, 2.24) is 10.6 Å². The van der Waals surface area contributed by atoms with Gasteiger partial charge in [0.2, 0.25) is 0 Å². The van der Waals surface area contributed by atoms with E-state index in [9.17, 15) is 9.18 Å². The Bertz CT molecular complexity index is 636. The summed E-state index contributed by atoms with van der Waals surface area (Å²) >= 11 is 0. The van der Waals surface area contributed by atoms with Crippen LogP contribution in [0.3, 0.4) is 0 Å². The molecule has 1 aromatic carbocycles. The van der Waals surface area contributed by atoms with Crippen molar-refractivity contribution < 1.29 is 19.0 Å². The topological polar surface area (TPSA) is 83.0 Å². The fraction of sp³-hybridized carbons (Fsp3) is 0.529. The number of hydrogen-bond acceptors (Lipinski definition) is 5. The maximum atomic E-state index is 14.1. The minimum atomic E-state index is -0.796. The van der Waals surface area contributed by atoms with Gasteiger partial charge in [-0.05, 0) is 42.4 Å². The third-order valence-corrected chi connectivity index (χ3v) is 4.29. The molecule has 0 aromatic heterocycles. The molecule has 7 heteroatoms. The van der Waals surface area contributed by atoms with Gasteiger partial charge in [-0.3, -0.25) is 9.79 Å². The number of benzene rings is 1. The Labute approximate surface area is 140 Å². The molecule has 1 fully saturated rings. The molecular weight excluding hydrogens is 313 g/mol. The van der Waals surface area contributed by atoms with E-state index in [-0.39, 0.29) is 29.8 Å². The first kappa shape index (κ1) is 16.5. The number of nitrogens with one attached hydrogen (secondary N) is 2. The summed E-state index contributed by atoms with van der Waals surface area (Å²) in [5.74, 6) is 0.162. The van der Waals surface area contributed by atoms with Crippen molar-refractivity contribution in [2.24, 2.45) is 10.9 Å². The fourth-order valence-electron chi connectivity index (χ4n) is 2.95. The molecule has 3 rings (SSSR count). The van der Waals surface area contributed by atoms with Crippen LogP contribution in [0.2, 0.25) is 0 Å². The minimum Gasteiger partial charge on any atom is -0.490 e. The van der Waals surface area contributed by atoms with Gasteiger partial charge in [0, 0.05) is 19.5 Å². The van der Waals surface area contributed by atoms with Gasteiger partial charge in [-0.15, -0.1) is 0 Å². The van der Waals surface area contributed by atoms with Crippen LogP contribution in [0.5, 0.6) is 5.75 Å². The second kappa shape index (κ2) is 7.51. The van der Waals surface area contributed by atoms with Crippen LogP contribution < -0.4 is 15.4 Å². The number of carboxylic acid groups (broad SMARTS) is 1. The monoisotopic (exact) mass is 335 g/mol. The van der Waals surface area contributed by atoms with Crippen molar-refractivity contribution in [3.8, 4) is 5.75 Å². The summed E-state index contributed by atoms with van der Waals surface area (Å²) in [5.41, 5.74) is 0.859. The number of carboxylic acids is 1. The van der Waals surface area contributed by atoms with E-state index in [1.807, 2.05) is 6.07 Å². The van der Waals surface area contributed by atoms with Crippen LogP contribution in [-0.2, 0) is 4.79 Å². The van der Waals surface area contributed by atoms with Crippen molar-refractivity contribution in [3.63, 3.8) is 0 Å². The van der Waals surface area contributed by atoms with Crippen molar-refractivity contribution >= 4 is 11.9 Å². The Balaban J connectivity index is 1.41. The van der Waals surface area contributed by atoms with Gasteiger partial charge in [0.25, 0.3) is 0 Å². The lowest BCUT2D eigenvalue weighted by Crippen LogP contribution is -2.34. The van der Waals surface area contributed by atoms with Gasteiger partial charge in [0.15, 0.2) is 17.5 Å². The molecule has 24 heavy (non-hydrogen) atoms. The third-order valence-electron chi connectivity index (χ3n) is 4.29. The van der Waals surface area contributed by atoms with Gasteiger partial charge in [-0.2, -0.15) is 0 Å². The number of hydrogen-bond donors (Lipinski definition) is 3. The van der Waals surface area contributed by atoms with Gasteiger partial charge >= 0.3 is 5.97 Å². The number of guanidine groups is 1. The number of aliphatic carboxylic acids is 1. The lowest BCUT2D eigenvalue weighted by molar-refractivity contribution is -0.137. The summed E-state index contributed by atoms with van der Waals surface area (Å²) in [5, 5.41) is 15.1. The Kier molecular flexibility index (Phi) is 5.17. The van der Waals surface area contributed by atoms with E-state index in [1.54, 1.807) is 6.07 Å². The summed E-state index contributed by atoms with van der Waals surface area (Å²) in [7, 11) is 0. The lowest BCUT2D eigenvalue weighted by Gasteiger charge is -2.10. The van der Waals surface area contributed by atoms with Crippen molar-refractivity contribution in [3.05, 3.63) is 29.6 Å². The SMILES string of the molecule is O=C(O)CC1CC1c1ccc(OCCCNC2=NCCN2)c(F)c1. The van der Waals surface area contributed by atoms with Crippen LogP contribution in [0.4, 0.5) is 4.39 Å². The molecule has 0 radical (unpaired) electrons. The molecule has 130 valence electrons. The molecule has 2 atom stereocenters. The molecule has 1 heterocycles. The molecule has 2 aliphatic rings. The van der Waals surface area contributed by atoms with E-state index in [1.165, 1.54) is 6.07 Å². The molecule has 0 bridgehead atoms. The number of ether oxygens (including phenoxy) is 1. The van der Waals surface area contributed by atoms with Crippen LogP contribution in [0.25, 0.3) is 0 Å². The number of aliphatic imine (C=N–C) groups is 1. The first-order chi connectivity index (χ1) is 11.6. The van der Waals surface area contributed by atoms with Crippen LogP contribution in [0.15, 0.2) is 23.2 Å². The standard InChI is InChI=1S/C17H22FN3O3/c18-14-9-11(13-8-12(13)10-16(22)23)2-3-15(14)24-7-1-4-19-17-20-5-6-21-17/h2-3,9,12-13H,1,4-8,10H2,(H,22,23)(H2,19,20,21). The molecule has 2 unspecified atom stereocenters. The van der Waals surface area contributed by atoms with Crippen LogP contribution >= 0.6 is 0 Å². The average molecular weight is 335 g/mol. The third kappa shape index (κ3) is 4.37. The zero-order valence-corrected chi connectivity index (χ0v) is 13.4. The van der Waals surface area contributed by atoms with E-state index < -0.39 is 5.97 Å². The summed E-state index contributed by atoms with van der Waals surface area (Å²) in [6.45, 7) is 2.79. The molecule has 1 aliphatic heterocycles. The maximum Gasteiger partial charge on any atom is 0.303 e.